The summed E-state index contributed by atoms with van der Waals surface area (Å²) in [5.74, 6) is -13.5. The highest BCUT2D eigenvalue weighted by atomic mass is 19.4. The fraction of sp³-hybridized carbons (Fsp3) is 0.929. The SMILES string of the molecule is CC1(OC(=O)C(F)(F)C(C(=O)OC2(C)C3CC4CC(C3)CC2C4)(C(F)(F)F)C(F)(F)F)C2CC3CC(C2)CC1C3. The summed E-state index contributed by atoms with van der Waals surface area (Å²) in [4.78, 5) is 26.1. The smallest absolute Gasteiger partial charge is 0.420 e. The number of alkyl halides is 8. The predicted molar refractivity (Wildman–Crippen MR) is 123 cm³/mol. The van der Waals surface area contributed by atoms with Gasteiger partial charge in [-0.25, -0.2) is 4.79 Å². The first-order valence-electron chi connectivity index (χ1n) is 14.3. The zero-order valence-corrected chi connectivity index (χ0v) is 22.3. The molecule has 0 saturated heterocycles. The average Bonchev–Trinajstić information content (AvgIpc) is 2.78. The molecule has 0 spiro atoms. The first-order valence-corrected chi connectivity index (χ1v) is 14.3. The van der Waals surface area contributed by atoms with Crippen LogP contribution in [0.5, 0.6) is 0 Å². The van der Waals surface area contributed by atoms with Crippen molar-refractivity contribution >= 4 is 11.9 Å². The first kappa shape index (κ1) is 28.5. The number of rotatable bonds is 5. The van der Waals surface area contributed by atoms with Crippen LogP contribution in [0, 0.1) is 52.8 Å². The second-order valence-electron chi connectivity index (χ2n) is 14.1. The third-order valence-electron chi connectivity index (χ3n) is 12.0. The molecular formula is C28H34F8O4. The summed E-state index contributed by atoms with van der Waals surface area (Å²) in [6, 6.07) is 0. The molecule has 8 aliphatic rings. The van der Waals surface area contributed by atoms with E-state index in [2.05, 4.69) is 0 Å². The molecule has 8 bridgehead atoms. The molecular weight excluding hydrogens is 552 g/mol. The van der Waals surface area contributed by atoms with Crippen molar-refractivity contribution in [2.45, 2.75) is 108 Å². The number of carbonyl (C=O) groups excluding carboxylic acids is 2. The summed E-state index contributed by atoms with van der Waals surface area (Å²) in [7, 11) is 0. The summed E-state index contributed by atoms with van der Waals surface area (Å²) in [5.41, 5.74) is -9.84. The Morgan fingerprint density at radius 3 is 1.07 bits per heavy atom. The van der Waals surface area contributed by atoms with E-state index in [9.17, 15) is 35.9 Å². The maximum Gasteiger partial charge on any atom is 0.420 e. The molecule has 8 saturated carbocycles. The van der Waals surface area contributed by atoms with Gasteiger partial charge in [-0.2, -0.15) is 35.1 Å². The maximum atomic E-state index is 15.8. The Morgan fingerprint density at radius 1 is 0.525 bits per heavy atom. The number of ether oxygens (including phenoxy) is 2. The van der Waals surface area contributed by atoms with Gasteiger partial charge in [-0.15, -0.1) is 0 Å². The first-order chi connectivity index (χ1) is 18.3. The lowest BCUT2D eigenvalue weighted by Crippen LogP contribution is -2.71. The van der Waals surface area contributed by atoms with Crippen molar-refractivity contribution in [3.05, 3.63) is 0 Å². The van der Waals surface area contributed by atoms with Crippen molar-refractivity contribution in [1.29, 1.82) is 0 Å². The number of esters is 2. The molecule has 8 aliphatic carbocycles. The largest absolute Gasteiger partial charge is 0.458 e. The third-order valence-corrected chi connectivity index (χ3v) is 12.0. The van der Waals surface area contributed by atoms with Crippen LogP contribution in [0.2, 0.25) is 0 Å². The molecule has 8 fully saturated rings. The molecule has 12 heteroatoms. The van der Waals surface area contributed by atoms with E-state index in [-0.39, 0.29) is 23.7 Å². The summed E-state index contributed by atoms with van der Waals surface area (Å²) in [6.07, 6.45) is -8.27. The van der Waals surface area contributed by atoms with Crippen LogP contribution in [0.25, 0.3) is 0 Å². The predicted octanol–water partition coefficient (Wildman–Crippen LogP) is 7.25. The van der Waals surface area contributed by atoms with Crippen LogP contribution in [0.4, 0.5) is 35.1 Å². The second-order valence-corrected chi connectivity index (χ2v) is 14.1. The molecule has 0 radical (unpaired) electrons. The zero-order valence-electron chi connectivity index (χ0n) is 22.3. The highest BCUT2D eigenvalue weighted by molar-refractivity contribution is 5.91. The topological polar surface area (TPSA) is 52.6 Å². The van der Waals surface area contributed by atoms with Crippen molar-refractivity contribution in [2.75, 3.05) is 0 Å². The van der Waals surface area contributed by atoms with Gasteiger partial charge in [-0.1, -0.05) is 0 Å². The van der Waals surface area contributed by atoms with Crippen molar-refractivity contribution in [2.24, 2.45) is 52.8 Å². The van der Waals surface area contributed by atoms with Gasteiger partial charge in [0, 0.05) is 0 Å². The Labute approximate surface area is 226 Å². The van der Waals surface area contributed by atoms with E-state index >= 15 is 8.78 Å². The molecule has 0 N–H and O–H groups in total. The van der Waals surface area contributed by atoms with Gasteiger partial charge >= 0.3 is 35.6 Å². The lowest BCUT2D eigenvalue weighted by atomic mass is 9.50. The van der Waals surface area contributed by atoms with Crippen molar-refractivity contribution in [1.82, 2.24) is 0 Å². The molecule has 0 heterocycles. The Balaban J connectivity index is 1.35. The summed E-state index contributed by atoms with van der Waals surface area (Å²) in [5, 5.41) is 0. The minimum atomic E-state index is -6.90. The Bertz CT molecular complexity index is 1010. The zero-order chi connectivity index (χ0) is 29.3. The quantitative estimate of drug-likeness (QED) is 0.252. The van der Waals surface area contributed by atoms with E-state index in [4.69, 9.17) is 9.47 Å². The molecule has 0 atom stereocenters. The van der Waals surface area contributed by atoms with Gasteiger partial charge in [0.25, 0.3) is 0 Å². The molecule has 40 heavy (non-hydrogen) atoms. The average molecular weight is 587 g/mol. The number of carbonyl (C=O) groups is 2. The number of halogens is 8. The monoisotopic (exact) mass is 586 g/mol. The van der Waals surface area contributed by atoms with Gasteiger partial charge in [0.15, 0.2) is 0 Å². The number of hydrogen-bond donors (Lipinski definition) is 0. The van der Waals surface area contributed by atoms with Gasteiger partial charge in [-0.05, 0) is 125 Å². The minimum absolute atomic E-state index is 0.211. The second kappa shape index (κ2) is 8.48. The van der Waals surface area contributed by atoms with Crippen LogP contribution < -0.4 is 0 Å². The number of hydrogen-bond acceptors (Lipinski definition) is 4. The van der Waals surface area contributed by atoms with Gasteiger partial charge in [-0.3, -0.25) is 4.79 Å². The fourth-order valence-corrected chi connectivity index (χ4v) is 10.1. The third kappa shape index (κ3) is 3.67. The van der Waals surface area contributed by atoms with E-state index in [1.165, 1.54) is 13.8 Å². The van der Waals surface area contributed by atoms with E-state index in [1.807, 2.05) is 0 Å². The highest BCUT2D eigenvalue weighted by Crippen LogP contribution is 2.65. The van der Waals surface area contributed by atoms with Crippen LogP contribution in [0.15, 0.2) is 0 Å². The van der Waals surface area contributed by atoms with Gasteiger partial charge < -0.3 is 9.47 Å². The molecule has 0 aromatic rings. The summed E-state index contributed by atoms with van der Waals surface area (Å²) < 4.78 is 128. The molecule has 0 aromatic carbocycles. The lowest BCUT2D eigenvalue weighted by Gasteiger charge is -2.60. The van der Waals surface area contributed by atoms with E-state index in [1.54, 1.807) is 0 Å². The standard InChI is InChI=1S/C28H34F8O4/c1-23(17-5-13-3-14(7-17)8-18(23)6-13)39-21(37)25(27(31,32)33,28(34,35)36)26(29,30)22(38)40-24(2)19-9-15-4-16(11-19)12-20(24)10-15/h13-20H,3-12H2,1-2H3. The summed E-state index contributed by atoms with van der Waals surface area (Å²) >= 11 is 0. The van der Waals surface area contributed by atoms with Gasteiger partial charge in [0.1, 0.15) is 11.2 Å². The Kier molecular flexibility index (Phi) is 6.04. The van der Waals surface area contributed by atoms with Crippen molar-refractivity contribution in [3.8, 4) is 0 Å². The molecule has 0 amide bonds. The Morgan fingerprint density at radius 2 is 0.800 bits per heavy atom. The molecule has 4 nitrogen and oxygen atoms in total. The minimum Gasteiger partial charge on any atom is -0.458 e. The van der Waals surface area contributed by atoms with Crippen molar-refractivity contribution < 1.29 is 54.2 Å². The molecule has 226 valence electrons. The lowest BCUT2D eigenvalue weighted by molar-refractivity contribution is -0.386. The van der Waals surface area contributed by atoms with Crippen LogP contribution in [-0.2, 0) is 19.1 Å². The van der Waals surface area contributed by atoms with E-state index in [0.717, 1.165) is 12.8 Å². The van der Waals surface area contributed by atoms with Crippen LogP contribution in [0.3, 0.4) is 0 Å². The molecule has 0 unspecified atom stereocenters. The maximum absolute atomic E-state index is 15.8. The van der Waals surface area contributed by atoms with Crippen LogP contribution in [0.1, 0.15) is 78.1 Å². The van der Waals surface area contributed by atoms with Gasteiger partial charge in [0.2, 0.25) is 0 Å². The highest BCUT2D eigenvalue weighted by Gasteiger charge is 2.91. The fourth-order valence-electron chi connectivity index (χ4n) is 10.1. The van der Waals surface area contributed by atoms with E-state index < -0.39 is 70.5 Å². The van der Waals surface area contributed by atoms with Crippen LogP contribution in [-0.4, -0.2) is 41.4 Å². The molecule has 0 aliphatic heterocycles. The Hall–Kier alpha value is -1.62. The van der Waals surface area contributed by atoms with Gasteiger partial charge in [0.05, 0.1) is 0 Å². The molecule has 0 aromatic heterocycles. The van der Waals surface area contributed by atoms with Crippen molar-refractivity contribution in [3.63, 3.8) is 0 Å². The van der Waals surface area contributed by atoms with E-state index in [0.29, 0.717) is 51.4 Å². The molecule has 8 rings (SSSR count). The summed E-state index contributed by atoms with van der Waals surface area (Å²) in [6.45, 7) is 2.58. The van der Waals surface area contributed by atoms with Crippen LogP contribution >= 0.6 is 0 Å². The normalized spacial score (nSPS) is 44.1.